The monoisotopic (exact) mass is 364 g/mol. The van der Waals surface area contributed by atoms with Crippen molar-refractivity contribution in [3.63, 3.8) is 0 Å². The van der Waals surface area contributed by atoms with Crippen molar-refractivity contribution in [3.05, 3.63) is 68.5 Å². The molecule has 0 saturated heterocycles. The molecule has 0 saturated carbocycles. The molecule has 0 atom stereocenters. The van der Waals surface area contributed by atoms with Gasteiger partial charge in [-0.05, 0) is 42.4 Å². The number of allylic oxidation sites excluding steroid dienone is 1. The highest BCUT2D eigenvalue weighted by molar-refractivity contribution is 7.73. The predicted octanol–water partition coefficient (Wildman–Crippen LogP) is 5.79. The summed E-state index contributed by atoms with van der Waals surface area (Å²) in [5.41, 5.74) is 5.10. The maximum Gasteiger partial charge on any atom is 0.215 e. The molecule has 0 unspecified atom stereocenters. The lowest BCUT2D eigenvalue weighted by atomic mass is 10.1. The van der Waals surface area contributed by atoms with E-state index in [0.29, 0.717) is 3.95 Å². The second-order valence-corrected chi connectivity index (χ2v) is 7.42. The predicted molar refractivity (Wildman–Crippen MR) is 108 cm³/mol. The third kappa shape index (κ3) is 2.75. The summed E-state index contributed by atoms with van der Waals surface area (Å²) in [6.07, 6.45) is 4.66. The molecule has 1 aromatic heterocycles. The van der Waals surface area contributed by atoms with Gasteiger partial charge in [0.05, 0.1) is 16.3 Å². The van der Waals surface area contributed by atoms with Gasteiger partial charge >= 0.3 is 0 Å². The Balaban J connectivity index is 1.84. The number of hydrogen-bond acceptors (Lipinski definition) is 4. The fraction of sp³-hybridized carbons (Fsp3) is 0.100. The third-order valence-corrected chi connectivity index (χ3v) is 5.58. The molecule has 0 radical (unpaired) electrons. The second kappa shape index (κ2) is 6.43. The van der Waals surface area contributed by atoms with Gasteiger partial charge in [0.1, 0.15) is 0 Å². The second-order valence-electron chi connectivity index (χ2n) is 5.75. The number of nitrogens with zero attached hydrogens (tertiary/aromatic N) is 2. The SMILES string of the molecule is CCc1ccccc1-n1c(O)c(C=C2C=Nc3ccccc32)sc1=S. The average Bonchev–Trinajstić information content (AvgIpc) is 3.16. The van der Waals surface area contributed by atoms with Gasteiger partial charge in [-0.1, -0.05) is 43.3 Å². The summed E-state index contributed by atoms with van der Waals surface area (Å²) in [5.74, 6) is 0.182. The first-order valence-corrected chi connectivity index (χ1v) is 9.29. The summed E-state index contributed by atoms with van der Waals surface area (Å²) < 4.78 is 2.39. The van der Waals surface area contributed by atoms with Crippen LogP contribution in [0.15, 0.2) is 53.5 Å². The highest BCUT2D eigenvalue weighted by atomic mass is 32.1. The molecular formula is C20H16N2OS2. The largest absolute Gasteiger partial charge is 0.493 e. The average molecular weight is 364 g/mol. The molecule has 124 valence electrons. The van der Waals surface area contributed by atoms with E-state index in [9.17, 15) is 5.11 Å². The molecule has 0 amide bonds. The Hall–Kier alpha value is -2.50. The van der Waals surface area contributed by atoms with Gasteiger partial charge < -0.3 is 5.11 Å². The van der Waals surface area contributed by atoms with E-state index in [4.69, 9.17) is 12.2 Å². The lowest BCUT2D eigenvalue weighted by molar-refractivity contribution is 0.441. The lowest BCUT2D eigenvalue weighted by Crippen LogP contribution is -1.98. The number of thiazole rings is 1. The zero-order chi connectivity index (χ0) is 17.4. The van der Waals surface area contributed by atoms with Crippen LogP contribution in [0.25, 0.3) is 17.3 Å². The number of aryl methyl sites for hydroxylation is 1. The standard InChI is InChI=1S/C20H16N2OS2/c1-2-13-7-3-6-10-17(13)22-19(23)18(25-20(22)24)11-14-12-21-16-9-5-4-8-15(14)16/h3-12,23H,2H2,1H3. The molecule has 1 aliphatic heterocycles. The van der Waals surface area contributed by atoms with Gasteiger partial charge in [0, 0.05) is 17.4 Å². The Morgan fingerprint density at radius 2 is 1.92 bits per heavy atom. The van der Waals surface area contributed by atoms with Crippen LogP contribution in [0.5, 0.6) is 5.88 Å². The first-order chi connectivity index (χ1) is 12.2. The normalized spacial score (nSPS) is 14.2. The van der Waals surface area contributed by atoms with E-state index in [-0.39, 0.29) is 5.88 Å². The van der Waals surface area contributed by atoms with E-state index >= 15 is 0 Å². The summed E-state index contributed by atoms with van der Waals surface area (Å²) in [4.78, 5) is 5.16. The van der Waals surface area contributed by atoms with E-state index in [1.807, 2.05) is 54.8 Å². The molecule has 25 heavy (non-hydrogen) atoms. The van der Waals surface area contributed by atoms with Crippen molar-refractivity contribution in [3.8, 4) is 11.6 Å². The molecule has 2 aromatic carbocycles. The topological polar surface area (TPSA) is 37.5 Å². The lowest BCUT2D eigenvalue weighted by Gasteiger charge is -2.09. The third-order valence-electron chi connectivity index (χ3n) is 4.27. The van der Waals surface area contributed by atoms with E-state index in [1.54, 1.807) is 4.57 Å². The zero-order valence-electron chi connectivity index (χ0n) is 13.6. The van der Waals surface area contributed by atoms with Gasteiger partial charge in [-0.3, -0.25) is 9.56 Å². The number of para-hydroxylation sites is 2. The Bertz CT molecular complexity index is 1070. The summed E-state index contributed by atoms with van der Waals surface area (Å²) in [5, 5.41) is 10.8. The highest BCUT2D eigenvalue weighted by Gasteiger charge is 2.17. The number of benzene rings is 2. The number of fused-ring (bicyclic) bond motifs is 1. The van der Waals surface area contributed by atoms with Crippen LogP contribution in [-0.4, -0.2) is 15.9 Å². The number of aromatic hydroxyl groups is 1. The summed E-state index contributed by atoms with van der Waals surface area (Å²) in [6, 6.07) is 16.0. The van der Waals surface area contributed by atoms with Crippen LogP contribution < -0.4 is 0 Å². The van der Waals surface area contributed by atoms with Crippen molar-refractivity contribution >= 4 is 47.1 Å². The summed E-state index contributed by atoms with van der Waals surface area (Å²) >= 11 is 6.93. The molecule has 3 nitrogen and oxygen atoms in total. The maximum absolute atomic E-state index is 10.8. The first-order valence-electron chi connectivity index (χ1n) is 8.07. The van der Waals surface area contributed by atoms with Gasteiger partial charge in [0.25, 0.3) is 0 Å². The smallest absolute Gasteiger partial charge is 0.215 e. The van der Waals surface area contributed by atoms with Crippen molar-refractivity contribution < 1.29 is 5.11 Å². The van der Waals surface area contributed by atoms with Gasteiger partial charge in [-0.2, -0.15) is 0 Å². The van der Waals surface area contributed by atoms with Crippen molar-refractivity contribution in [2.45, 2.75) is 13.3 Å². The van der Waals surface area contributed by atoms with Crippen LogP contribution in [0.4, 0.5) is 5.69 Å². The van der Waals surface area contributed by atoms with Gasteiger partial charge in [0.2, 0.25) is 5.88 Å². The highest BCUT2D eigenvalue weighted by Crippen LogP contribution is 2.37. The summed E-state index contributed by atoms with van der Waals surface area (Å²) in [7, 11) is 0. The van der Waals surface area contributed by atoms with E-state index < -0.39 is 0 Å². The number of aromatic nitrogens is 1. The molecule has 0 aliphatic carbocycles. The Kier molecular flexibility index (Phi) is 4.11. The van der Waals surface area contributed by atoms with Gasteiger partial charge in [-0.25, -0.2) is 0 Å². The Labute approximate surface area is 155 Å². The molecule has 1 N–H and O–H groups in total. The molecule has 3 aromatic rings. The van der Waals surface area contributed by atoms with Crippen LogP contribution >= 0.6 is 23.6 Å². The molecule has 0 spiro atoms. The van der Waals surface area contributed by atoms with Gasteiger partial charge in [-0.15, -0.1) is 11.3 Å². The number of aliphatic imine (C=N–C) groups is 1. The molecular weight excluding hydrogens is 348 g/mol. The van der Waals surface area contributed by atoms with Crippen molar-refractivity contribution in [2.24, 2.45) is 4.99 Å². The number of hydrogen-bond donors (Lipinski definition) is 1. The fourth-order valence-electron chi connectivity index (χ4n) is 3.01. The Morgan fingerprint density at radius 3 is 2.76 bits per heavy atom. The van der Waals surface area contributed by atoms with E-state index in [2.05, 4.69) is 18.0 Å². The maximum atomic E-state index is 10.8. The van der Waals surface area contributed by atoms with E-state index in [1.165, 1.54) is 11.3 Å². The molecule has 1 aliphatic rings. The minimum absolute atomic E-state index is 0.182. The molecule has 5 heteroatoms. The minimum Gasteiger partial charge on any atom is -0.493 e. The van der Waals surface area contributed by atoms with Gasteiger partial charge in [0.15, 0.2) is 3.95 Å². The molecule has 0 bridgehead atoms. The number of rotatable bonds is 3. The van der Waals surface area contributed by atoms with Crippen LogP contribution in [0.3, 0.4) is 0 Å². The van der Waals surface area contributed by atoms with Crippen LogP contribution in [0, 0.1) is 3.95 Å². The fourth-order valence-corrected chi connectivity index (χ4v) is 4.30. The van der Waals surface area contributed by atoms with Crippen molar-refractivity contribution in [1.82, 2.24) is 4.57 Å². The molecule has 0 fully saturated rings. The first kappa shape index (κ1) is 16.0. The van der Waals surface area contributed by atoms with Crippen LogP contribution in [0.2, 0.25) is 0 Å². The van der Waals surface area contributed by atoms with Crippen molar-refractivity contribution in [1.29, 1.82) is 0 Å². The van der Waals surface area contributed by atoms with Crippen LogP contribution in [0.1, 0.15) is 22.9 Å². The Morgan fingerprint density at radius 1 is 1.16 bits per heavy atom. The zero-order valence-corrected chi connectivity index (χ0v) is 15.3. The van der Waals surface area contributed by atoms with E-state index in [0.717, 1.165) is 39.4 Å². The van der Waals surface area contributed by atoms with Crippen LogP contribution in [-0.2, 0) is 6.42 Å². The summed E-state index contributed by atoms with van der Waals surface area (Å²) in [6.45, 7) is 2.10. The molecule has 2 heterocycles. The minimum atomic E-state index is 0.182. The molecule has 4 rings (SSSR count). The van der Waals surface area contributed by atoms with Crippen molar-refractivity contribution in [2.75, 3.05) is 0 Å². The quantitative estimate of drug-likeness (QED) is 0.597.